The molecule has 0 aromatic carbocycles. The average Bonchev–Trinajstić information content (AvgIpc) is 3.21. The summed E-state index contributed by atoms with van der Waals surface area (Å²) in [6.45, 7) is 5.63. The summed E-state index contributed by atoms with van der Waals surface area (Å²) < 4.78 is 25.1. The molecule has 9 heteroatoms. The normalized spacial score (nSPS) is 25.3. The van der Waals surface area contributed by atoms with Gasteiger partial charge in [0.15, 0.2) is 0 Å². The molecule has 0 saturated carbocycles. The van der Waals surface area contributed by atoms with E-state index in [1.54, 1.807) is 14.1 Å². The Morgan fingerprint density at radius 2 is 1.29 bits per heavy atom. The van der Waals surface area contributed by atoms with Gasteiger partial charge in [-0.25, -0.2) is 12.7 Å². The summed E-state index contributed by atoms with van der Waals surface area (Å²) >= 11 is 0. The molecule has 0 aliphatic carbocycles. The minimum absolute atomic E-state index is 0.258. The first-order valence-electron chi connectivity index (χ1n) is 8.76. The van der Waals surface area contributed by atoms with Crippen LogP contribution in [-0.2, 0) is 19.6 Å². The van der Waals surface area contributed by atoms with E-state index in [-0.39, 0.29) is 11.7 Å². The van der Waals surface area contributed by atoms with Crippen LogP contribution in [0.25, 0.3) is 0 Å². The van der Waals surface area contributed by atoms with Gasteiger partial charge in [-0.2, -0.15) is 0 Å². The lowest BCUT2D eigenvalue weighted by atomic mass is 10.3. The maximum atomic E-state index is 12.3. The predicted molar refractivity (Wildman–Crippen MR) is 88.8 cm³/mol. The Balaban J connectivity index is 1.42. The Labute approximate surface area is 143 Å². The number of hydrogen-bond acceptors (Lipinski definition) is 5. The van der Waals surface area contributed by atoms with Gasteiger partial charge in [-0.3, -0.25) is 14.5 Å². The largest absolute Gasteiger partial charge is 0.334 e. The molecule has 0 atom stereocenters. The molecule has 136 valence electrons. The van der Waals surface area contributed by atoms with Crippen LogP contribution in [0.1, 0.15) is 19.3 Å². The fourth-order valence-electron chi connectivity index (χ4n) is 3.56. The highest BCUT2D eigenvalue weighted by Gasteiger charge is 2.32. The summed E-state index contributed by atoms with van der Waals surface area (Å²) in [6.07, 6.45) is 2.67. The van der Waals surface area contributed by atoms with Crippen molar-refractivity contribution in [3.63, 3.8) is 0 Å². The van der Waals surface area contributed by atoms with E-state index in [1.165, 1.54) is 0 Å². The van der Waals surface area contributed by atoms with Gasteiger partial charge in [0.25, 0.3) is 0 Å². The molecule has 3 rings (SSSR count). The Kier molecular flexibility index (Phi) is 5.41. The molecule has 0 unspecified atom stereocenters. The summed E-state index contributed by atoms with van der Waals surface area (Å²) in [5, 5.41) is 0. The lowest BCUT2D eigenvalue weighted by Crippen LogP contribution is -2.53. The summed E-state index contributed by atoms with van der Waals surface area (Å²) in [7, 11) is -3.04. The summed E-state index contributed by atoms with van der Waals surface area (Å²) in [4.78, 5) is 29.9. The number of nitrogens with zero attached hydrogens (tertiary/aromatic N) is 4. The zero-order valence-electron chi connectivity index (χ0n) is 14.0. The molecular weight excluding hydrogens is 332 g/mol. The first kappa shape index (κ1) is 17.6. The highest BCUT2D eigenvalue weighted by Crippen LogP contribution is 2.14. The van der Waals surface area contributed by atoms with Gasteiger partial charge in [0, 0.05) is 58.9 Å². The Bertz CT molecular complexity index is 580. The van der Waals surface area contributed by atoms with E-state index in [2.05, 4.69) is 4.90 Å². The Hall–Kier alpha value is -1.19. The van der Waals surface area contributed by atoms with E-state index in [1.807, 2.05) is 0 Å². The number of sulfonamides is 1. The first-order chi connectivity index (χ1) is 11.5. The van der Waals surface area contributed by atoms with Gasteiger partial charge < -0.3 is 9.80 Å². The molecule has 0 aromatic heterocycles. The average molecular weight is 358 g/mol. The molecule has 8 nitrogen and oxygen atoms in total. The zero-order valence-corrected chi connectivity index (χ0v) is 14.8. The van der Waals surface area contributed by atoms with Crippen molar-refractivity contribution in [1.29, 1.82) is 0 Å². The minimum atomic E-state index is -3.04. The number of amides is 2. The van der Waals surface area contributed by atoms with Gasteiger partial charge in [-0.05, 0) is 19.3 Å². The van der Waals surface area contributed by atoms with E-state index >= 15 is 0 Å². The number of likely N-dealkylation sites (tertiary alicyclic amines) is 1. The molecule has 3 fully saturated rings. The van der Waals surface area contributed by atoms with Crippen LogP contribution in [0.3, 0.4) is 0 Å². The van der Waals surface area contributed by atoms with Gasteiger partial charge >= 0.3 is 11.8 Å². The van der Waals surface area contributed by atoms with Crippen LogP contribution < -0.4 is 0 Å². The van der Waals surface area contributed by atoms with Crippen molar-refractivity contribution in [2.75, 3.05) is 64.7 Å². The number of carbonyl (C=O) groups is 2. The van der Waals surface area contributed by atoms with Crippen molar-refractivity contribution in [3.05, 3.63) is 0 Å². The van der Waals surface area contributed by atoms with Crippen LogP contribution in [0.4, 0.5) is 0 Å². The molecule has 3 heterocycles. The minimum Gasteiger partial charge on any atom is -0.334 e. The lowest BCUT2D eigenvalue weighted by Gasteiger charge is -2.35. The van der Waals surface area contributed by atoms with Gasteiger partial charge in [0.05, 0.1) is 5.75 Å². The van der Waals surface area contributed by atoms with Gasteiger partial charge in [0.2, 0.25) is 10.0 Å². The Morgan fingerprint density at radius 3 is 1.83 bits per heavy atom. The molecule has 0 spiro atoms. The molecule has 0 aromatic rings. The second kappa shape index (κ2) is 7.37. The summed E-state index contributed by atoms with van der Waals surface area (Å²) in [5.41, 5.74) is 0. The quantitative estimate of drug-likeness (QED) is 0.591. The van der Waals surface area contributed by atoms with Crippen LogP contribution in [0.2, 0.25) is 0 Å². The fourth-order valence-corrected chi connectivity index (χ4v) is 5.08. The lowest BCUT2D eigenvalue weighted by molar-refractivity contribution is -0.152. The van der Waals surface area contributed by atoms with Crippen molar-refractivity contribution in [3.8, 4) is 0 Å². The van der Waals surface area contributed by atoms with Crippen molar-refractivity contribution in [2.45, 2.75) is 19.3 Å². The van der Waals surface area contributed by atoms with E-state index in [0.29, 0.717) is 65.3 Å². The topological polar surface area (TPSA) is 81.2 Å². The molecule has 3 saturated heterocycles. The third kappa shape index (κ3) is 3.89. The number of hydrogen-bond donors (Lipinski definition) is 0. The molecule has 0 N–H and O–H groups in total. The maximum absolute atomic E-state index is 12.3. The van der Waals surface area contributed by atoms with E-state index < -0.39 is 15.9 Å². The van der Waals surface area contributed by atoms with Crippen molar-refractivity contribution >= 4 is 21.8 Å². The standard InChI is InChI=1S/C15H26N4O4S/c20-14(17-4-1-2-5-17)15(21)18-10-7-16(8-11-18)9-12-19-6-3-13-24(19,22)23/h1-13H2. The van der Waals surface area contributed by atoms with Crippen molar-refractivity contribution in [2.24, 2.45) is 0 Å². The molecule has 2 amide bonds. The molecule has 3 aliphatic heterocycles. The number of piperazine rings is 1. The molecule has 0 bridgehead atoms. The summed E-state index contributed by atoms with van der Waals surface area (Å²) in [5.74, 6) is -0.503. The fraction of sp³-hybridized carbons (Fsp3) is 0.867. The van der Waals surface area contributed by atoms with Gasteiger partial charge in [-0.15, -0.1) is 0 Å². The van der Waals surface area contributed by atoms with Crippen LogP contribution in [0, 0.1) is 0 Å². The second-order valence-corrected chi connectivity index (χ2v) is 8.79. The third-order valence-corrected chi connectivity index (χ3v) is 7.06. The second-order valence-electron chi connectivity index (χ2n) is 6.70. The van der Waals surface area contributed by atoms with Crippen molar-refractivity contribution < 1.29 is 18.0 Å². The smallest absolute Gasteiger partial charge is 0.312 e. The van der Waals surface area contributed by atoms with Crippen LogP contribution in [0.15, 0.2) is 0 Å². The maximum Gasteiger partial charge on any atom is 0.312 e. The van der Waals surface area contributed by atoms with Crippen LogP contribution >= 0.6 is 0 Å². The number of rotatable bonds is 3. The highest BCUT2D eigenvalue weighted by atomic mass is 32.2. The van der Waals surface area contributed by atoms with Crippen molar-refractivity contribution in [1.82, 2.24) is 19.0 Å². The molecule has 3 aliphatic rings. The highest BCUT2D eigenvalue weighted by molar-refractivity contribution is 7.89. The molecule has 0 radical (unpaired) electrons. The predicted octanol–water partition coefficient (Wildman–Crippen LogP) is -1.21. The van der Waals surface area contributed by atoms with Crippen LogP contribution in [-0.4, -0.2) is 104 Å². The molecule has 24 heavy (non-hydrogen) atoms. The monoisotopic (exact) mass is 358 g/mol. The van der Waals surface area contributed by atoms with Gasteiger partial charge in [0.1, 0.15) is 0 Å². The first-order valence-corrected chi connectivity index (χ1v) is 10.4. The Morgan fingerprint density at radius 1 is 0.708 bits per heavy atom. The zero-order chi connectivity index (χ0) is 17.2. The van der Waals surface area contributed by atoms with E-state index in [9.17, 15) is 18.0 Å². The van der Waals surface area contributed by atoms with Gasteiger partial charge in [-0.1, -0.05) is 0 Å². The van der Waals surface area contributed by atoms with Crippen LogP contribution in [0.5, 0.6) is 0 Å². The SMILES string of the molecule is O=C(C(=O)N1CCN(CCN2CCCS2(=O)=O)CC1)N1CCCC1. The summed E-state index contributed by atoms with van der Waals surface area (Å²) in [6, 6.07) is 0. The number of carbonyl (C=O) groups excluding carboxylic acids is 2. The van der Waals surface area contributed by atoms with E-state index in [0.717, 1.165) is 12.8 Å². The third-order valence-electron chi connectivity index (χ3n) is 5.10. The van der Waals surface area contributed by atoms with E-state index in [4.69, 9.17) is 0 Å². The molecular formula is C15H26N4O4S.